The number of rotatable bonds is 6. The van der Waals surface area contributed by atoms with Crippen LogP contribution in [0.25, 0.3) is 0 Å². The Balaban J connectivity index is 1.39. The average molecular weight is 391 g/mol. The number of amides is 2. The van der Waals surface area contributed by atoms with Crippen molar-refractivity contribution in [1.29, 1.82) is 0 Å². The Morgan fingerprint density at radius 2 is 1.71 bits per heavy atom. The molecule has 1 aliphatic heterocycles. The van der Waals surface area contributed by atoms with Gasteiger partial charge in [-0.1, -0.05) is 19.3 Å². The summed E-state index contributed by atoms with van der Waals surface area (Å²) in [5.74, 6) is -0.312. The maximum Gasteiger partial charge on any atom is 0.238 e. The summed E-state index contributed by atoms with van der Waals surface area (Å²) < 4.78 is 12.9. The van der Waals surface area contributed by atoms with Gasteiger partial charge in [0.15, 0.2) is 0 Å². The molecule has 7 heteroatoms. The molecule has 2 N–H and O–H groups in total. The van der Waals surface area contributed by atoms with Crippen LogP contribution in [0.5, 0.6) is 0 Å². The first-order chi connectivity index (χ1) is 13.5. The maximum absolute atomic E-state index is 12.9. The lowest BCUT2D eigenvalue weighted by atomic mass is 9.95. The molecule has 28 heavy (non-hydrogen) atoms. The average Bonchev–Trinajstić information content (AvgIpc) is 2.70. The van der Waals surface area contributed by atoms with Gasteiger partial charge in [0, 0.05) is 37.9 Å². The van der Waals surface area contributed by atoms with Crippen molar-refractivity contribution in [2.75, 3.05) is 38.0 Å². The predicted molar refractivity (Wildman–Crippen MR) is 108 cm³/mol. The van der Waals surface area contributed by atoms with Crippen molar-refractivity contribution in [1.82, 2.24) is 15.1 Å². The topological polar surface area (TPSA) is 64.7 Å². The fourth-order valence-corrected chi connectivity index (χ4v) is 3.98. The van der Waals surface area contributed by atoms with Gasteiger partial charge in [-0.15, -0.1) is 0 Å². The normalized spacial score (nSPS) is 20.5. The third kappa shape index (κ3) is 6.01. The number of halogens is 1. The molecule has 2 amide bonds. The van der Waals surface area contributed by atoms with Gasteiger partial charge in [0.2, 0.25) is 11.8 Å². The number of hydrogen-bond acceptors (Lipinski definition) is 4. The lowest BCUT2D eigenvalue weighted by Crippen LogP contribution is -2.55. The first-order valence-electron chi connectivity index (χ1n) is 10.3. The van der Waals surface area contributed by atoms with Crippen molar-refractivity contribution in [3.05, 3.63) is 30.1 Å². The molecule has 1 heterocycles. The molecule has 0 spiro atoms. The number of benzene rings is 1. The Morgan fingerprint density at radius 1 is 1.07 bits per heavy atom. The van der Waals surface area contributed by atoms with Crippen LogP contribution in [0.2, 0.25) is 0 Å². The highest BCUT2D eigenvalue weighted by atomic mass is 19.1. The molecule has 6 nitrogen and oxygen atoms in total. The molecule has 1 saturated heterocycles. The first kappa shape index (κ1) is 20.7. The van der Waals surface area contributed by atoms with Gasteiger partial charge >= 0.3 is 0 Å². The van der Waals surface area contributed by atoms with E-state index in [9.17, 15) is 14.0 Å². The van der Waals surface area contributed by atoms with Crippen LogP contribution in [0.3, 0.4) is 0 Å². The molecule has 154 valence electrons. The molecule has 2 fully saturated rings. The van der Waals surface area contributed by atoms with Crippen LogP contribution in [0, 0.1) is 5.82 Å². The van der Waals surface area contributed by atoms with Crippen molar-refractivity contribution < 1.29 is 14.0 Å². The number of piperazine rings is 1. The minimum absolute atomic E-state index is 0.108. The zero-order valence-electron chi connectivity index (χ0n) is 16.6. The summed E-state index contributed by atoms with van der Waals surface area (Å²) in [6.07, 6.45) is 5.87. The van der Waals surface area contributed by atoms with Crippen LogP contribution in [0.15, 0.2) is 24.3 Å². The molecule has 0 radical (unpaired) electrons. The Morgan fingerprint density at radius 3 is 2.36 bits per heavy atom. The van der Waals surface area contributed by atoms with E-state index in [1.165, 1.54) is 31.4 Å². The number of anilines is 1. The number of carbonyl (C=O) groups excluding carboxylic acids is 2. The van der Waals surface area contributed by atoms with Gasteiger partial charge in [0.1, 0.15) is 5.82 Å². The zero-order valence-corrected chi connectivity index (χ0v) is 16.6. The Hall–Kier alpha value is -1.99. The summed E-state index contributed by atoms with van der Waals surface area (Å²) in [5, 5.41) is 5.99. The van der Waals surface area contributed by atoms with Gasteiger partial charge < -0.3 is 10.6 Å². The van der Waals surface area contributed by atoms with Gasteiger partial charge in [-0.3, -0.25) is 19.4 Å². The second-order valence-corrected chi connectivity index (χ2v) is 7.89. The van der Waals surface area contributed by atoms with Crippen LogP contribution < -0.4 is 10.6 Å². The summed E-state index contributed by atoms with van der Waals surface area (Å²) in [6.45, 7) is 5.30. The van der Waals surface area contributed by atoms with E-state index in [4.69, 9.17) is 0 Å². The van der Waals surface area contributed by atoms with Crippen LogP contribution in [0.4, 0.5) is 10.1 Å². The first-order valence-corrected chi connectivity index (χ1v) is 10.3. The van der Waals surface area contributed by atoms with E-state index in [1.807, 2.05) is 6.92 Å². The predicted octanol–water partition coefficient (Wildman–Crippen LogP) is 2.22. The highest BCUT2D eigenvalue weighted by Gasteiger charge is 2.27. The van der Waals surface area contributed by atoms with Crippen molar-refractivity contribution in [2.45, 2.75) is 51.1 Å². The van der Waals surface area contributed by atoms with E-state index < -0.39 is 0 Å². The number of nitrogens with zero attached hydrogens (tertiary/aromatic N) is 2. The number of nitrogens with one attached hydrogen (secondary N) is 2. The molecule has 0 bridgehead atoms. The Bertz CT molecular complexity index is 653. The molecule has 2 aliphatic rings. The quantitative estimate of drug-likeness (QED) is 0.782. The molecule has 1 aromatic rings. The Labute approximate surface area is 166 Å². The van der Waals surface area contributed by atoms with E-state index in [2.05, 4.69) is 20.4 Å². The number of carbonyl (C=O) groups is 2. The second kappa shape index (κ2) is 9.98. The minimum Gasteiger partial charge on any atom is -0.352 e. The van der Waals surface area contributed by atoms with Crippen molar-refractivity contribution >= 4 is 17.5 Å². The van der Waals surface area contributed by atoms with E-state index in [-0.39, 0.29) is 23.7 Å². The lowest BCUT2D eigenvalue weighted by Gasteiger charge is -2.37. The zero-order chi connectivity index (χ0) is 19.9. The monoisotopic (exact) mass is 390 g/mol. The lowest BCUT2D eigenvalue weighted by molar-refractivity contribution is -0.128. The third-order valence-corrected chi connectivity index (χ3v) is 5.78. The summed E-state index contributed by atoms with van der Waals surface area (Å²) in [4.78, 5) is 29.0. The van der Waals surface area contributed by atoms with E-state index >= 15 is 0 Å². The van der Waals surface area contributed by atoms with Crippen LogP contribution in [-0.4, -0.2) is 66.4 Å². The fourth-order valence-electron chi connectivity index (χ4n) is 3.98. The van der Waals surface area contributed by atoms with Gasteiger partial charge in [0.05, 0.1) is 12.6 Å². The minimum atomic E-state index is -0.323. The van der Waals surface area contributed by atoms with Crippen molar-refractivity contribution in [3.63, 3.8) is 0 Å². The molecule has 3 rings (SSSR count). The fraction of sp³-hybridized carbons (Fsp3) is 0.619. The third-order valence-electron chi connectivity index (χ3n) is 5.78. The van der Waals surface area contributed by atoms with Crippen molar-refractivity contribution in [3.8, 4) is 0 Å². The van der Waals surface area contributed by atoms with E-state index in [0.29, 0.717) is 18.3 Å². The molecule has 1 atom stereocenters. The van der Waals surface area contributed by atoms with Gasteiger partial charge in [-0.2, -0.15) is 0 Å². The van der Waals surface area contributed by atoms with E-state index in [0.717, 1.165) is 39.0 Å². The smallest absolute Gasteiger partial charge is 0.238 e. The maximum atomic E-state index is 12.9. The molecule has 1 aliphatic carbocycles. The number of hydrogen-bond donors (Lipinski definition) is 2. The summed E-state index contributed by atoms with van der Waals surface area (Å²) in [7, 11) is 0. The summed E-state index contributed by atoms with van der Waals surface area (Å²) >= 11 is 0. The van der Waals surface area contributed by atoms with Crippen molar-refractivity contribution in [2.24, 2.45) is 0 Å². The summed E-state index contributed by atoms with van der Waals surface area (Å²) in [6, 6.07) is 5.95. The molecule has 0 unspecified atom stereocenters. The van der Waals surface area contributed by atoms with Crippen LogP contribution >= 0.6 is 0 Å². The van der Waals surface area contributed by atoms with Gasteiger partial charge in [-0.05, 0) is 44.0 Å². The molecule has 0 aromatic heterocycles. The Kier molecular flexibility index (Phi) is 7.39. The second-order valence-electron chi connectivity index (χ2n) is 7.89. The van der Waals surface area contributed by atoms with Gasteiger partial charge in [0.25, 0.3) is 0 Å². The van der Waals surface area contributed by atoms with Gasteiger partial charge in [-0.25, -0.2) is 4.39 Å². The SMILES string of the molecule is C[C@@H](C(=O)NC1CCCCC1)N1CCN(CC(=O)Nc2ccc(F)cc2)CC1. The molecule has 1 aromatic carbocycles. The van der Waals surface area contributed by atoms with Crippen LogP contribution in [0.1, 0.15) is 39.0 Å². The summed E-state index contributed by atoms with van der Waals surface area (Å²) in [5.41, 5.74) is 0.595. The largest absolute Gasteiger partial charge is 0.352 e. The highest BCUT2D eigenvalue weighted by molar-refractivity contribution is 5.92. The van der Waals surface area contributed by atoms with E-state index in [1.54, 1.807) is 12.1 Å². The molecular formula is C21H31FN4O2. The van der Waals surface area contributed by atoms with Crippen LogP contribution in [-0.2, 0) is 9.59 Å². The standard InChI is InChI=1S/C21H31FN4O2/c1-16(21(28)24-18-5-3-2-4-6-18)26-13-11-25(12-14-26)15-20(27)23-19-9-7-17(22)8-10-19/h7-10,16,18H,2-6,11-15H2,1H3,(H,23,27)(H,24,28)/t16-/m0/s1. The highest BCUT2D eigenvalue weighted by Crippen LogP contribution is 2.18. The molecular weight excluding hydrogens is 359 g/mol. The molecule has 1 saturated carbocycles.